The summed E-state index contributed by atoms with van der Waals surface area (Å²) in [6, 6.07) is 8.32. The van der Waals surface area contributed by atoms with Crippen molar-refractivity contribution < 1.29 is 4.42 Å². The molecule has 0 aliphatic carbocycles. The van der Waals surface area contributed by atoms with Crippen molar-refractivity contribution in [3.63, 3.8) is 0 Å². The van der Waals surface area contributed by atoms with Crippen molar-refractivity contribution in [1.29, 1.82) is 0 Å². The molecule has 0 spiro atoms. The van der Waals surface area contributed by atoms with Gasteiger partial charge in [-0.15, -0.1) is 0 Å². The van der Waals surface area contributed by atoms with Crippen molar-refractivity contribution in [2.45, 2.75) is 26.3 Å². The molecule has 0 amide bonds. The van der Waals surface area contributed by atoms with Crippen LogP contribution in [0.3, 0.4) is 0 Å². The molecule has 0 fully saturated rings. The third-order valence-electron chi connectivity index (χ3n) is 3.56. The number of rotatable bonds is 4. The lowest BCUT2D eigenvalue weighted by atomic mass is 10.1. The summed E-state index contributed by atoms with van der Waals surface area (Å²) < 4.78 is 7.83. The van der Waals surface area contributed by atoms with Gasteiger partial charge in [-0.3, -0.25) is 4.68 Å². The fourth-order valence-electron chi connectivity index (χ4n) is 2.64. The van der Waals surface area contributed by atoms with Crippen molar-refractivity contribution in [1.82, 2.24) is 9.78 Å². The van der Waals surface area contributed by atoms with Crippen LogP contribution in [0.25, 0.3) is 11.0 Å². The molecule has 2 aromatic heterocycles. The number of nitrogens with zero attached hydrogens (tertiary/aromatic N) is 2. The van der Waals surface area contributed by atoms with Crippen LogP contribution >= 0.6 is 0 Å². The van der Waals surface area contributed by atoms with E-state index in [4.69, 9.17) is 4.42 Å². The number of aryl methyl sites for hydroxylation is 2. The average Bonchev–Trinajstić information content (AvgIpc) is 3.01. The molecular formula is C16H19N3O. The van der Waals surface area contributed by atoms with Crippen LogP contribution in [0.2, 0.25) is 0 Å². The van der Waals surface area contributed by atoms with Crippen molar-refractivity contribution in [3.05, 3.63) is 48.0 Å². The molecule has 104 valence electrons. The second-order valence-electron chi connectivity index (χ2n) is 5.06. The van der Waals surface area contributed by atoms with E-state index in [0.29, 0.717) is 0 Å². The SMILES string of the molecule is CCc1c(C(C)Nc2cnn(C)c2)oc2ccccc12. The third-order valence-corrected chi connectivity index (χ3v) is 3.56. The number of aromatic nitrogens is 2. The van der Waals surface area contributed by atoms with Gasteiger partial charge >= 0.3 is 0 Å². The molecule has 3 aromatic rings. The predicted octanol–water partition coefficient (Wildman–Crippen LogP) is 3.90. The maximum atomic E-state index is 6.04. The van der Waals surface area contributed by atoms with Gasteiger partial charge in [0, 0.05) is 24.2 Å². The minimum Gasteiger partial charge on any atom is -0.459 e. The summed E-state index contributed by atoms with van der Waals surface area (Å²) in [5.74, 6) is 1.01. The lowest BCUT2D eigenvalue weighted by molar-refractivity contribution is 0.520. The Kier molecular flexibility index (Phi) is 3.22. The summed E-state index contributed by atoms with van der Waals surface area (Å²) in [6.07, 6.45) is 4.75. The number of benzene rings is 1. The van der Waals surface area contributed by atoms with Gasteiger partial charge in [0.2, 0.25) is 0 Å². The van der Waals surface area contributed by atoms with Gasteiger partial charge in [-0.25, -0.2) is 0 Å². The summed E-state index contributed by atoms with van der Waals surface area (Å²) in [7, 11) is 1.91. The highest BCUT2D eigenvalue weighted by Gasteiger charge is 2.18. The fraction of sp³-hybridized carbons (Fsp3) is 0.312. The first-order chi connectivity index (χ1) is 9.69. The van der Waals surface area contributed by atoms with Crippen LogP contribution in [-0.4, -0.2) is 9.78 Å². The monoisotopic (exact) mass is 269 g/mol. The second-order valence-corrected chi connectivity index (χ2v) is 5.06. The van der Waals surface area contributed by atoms with Gasteiger partial charge in [-0.05, 0) is 19.4 Å². The van der Waals surface area contributed by atoms with Gasteiger partial charge in [-0.1, -0.05) is 25.1 Å². The highest BCUT2D eigenvalue weighted by Crippen LogP contribution is 2.31. The van der Waals surface area contributed by atoms with E-state index >= 15 is 0 Å². The van der Waals surface area contributed by atoms with Gasteiger partial charge in [0.1, 0.15) is 11.3 Å². The van der Waals surface area contributed by atoms with Crippen LogP contribution in [0.1, 0.15) is 31.2 Å². The first-order valence-electron chi connectivity index (χ1n) is 6.94. The molecule has 1 aromatic carbocycles. The Bertz CT molecular complexity index is 726. The molecule has 1 unspecified atom stereocenters. The molecule has 0 aliphatic heterocycles. The predicted molar refractivity (Wildman–Crippen MR) is 80.8 cm³/mol. The molecule has 3 rings (SSSR count). The molecule has 0 radical (unpaired) electrons. The molecule has 2 heterocycles. The Morgan fingerprint density at radius 1 is 1.35 bits per heavy atom. The lowest BCUT2D eigenvalue weighted by Crippen LogP contribution is -2.07. The normalized spacial score (nSPS) is 12.8. The largest absolute Gasteiger partial charge is 0.459 e. The Balaban J connectivity index is 1.96. The van der Waals surface area contributed by atoms with Crippen LogP contribution in [0.15, 0.2) is 41.1 Å². The molecule has 1 N–H and O–H groups in total. The van der Waals surface area contributed by atoms with E-state index in [1.165, 1.54) is 10.9 Å². The number of anilines is 1. The third kappa shape index (κ3) is 2.18. The zero-order valence-electron chi connectivity index (χ0n) is 12.1. The highest BCUT2D eigenvalue weighted by atomic mass is 16.3. The number of fused-ring (bicyclic) bond motifs is 1. The van der Waals surface area contributed by atoms with E-state index < -0.39 is 0 Å². The minimum atomic E-state index is 0.113. The molecule has 1 atom stereocenters. The van der Waals surface area contributed by atoms with Crippen LogP contribution in [0.5, 0.6) is 0 Å². The van der Waals surface area contributed by atoms with Gasteiger partial charge in [0.15, 0.2) is 0 Å². The second kappa shape index (κ2) is 5.04. The van der Waals surface area contributed by atoms with E-state index in [-0.39, 0.29) is 6.04 Å². The van der Waals surface area contributed by atoms with Crippen LogP contribution < -0.4 is 5.32 Å². The molecule has 4 heteroatoms. The molecular weight excluding hydrogens is 250 g/mol. The summed E-state index contributed by atoms with van der Waals surface area (Å²) in [5, 5.41) is 8.82. The molecule has 0 saturated heterocycles. The maximum Gasteiger partial charge on any atom is 0.134 e. The van der Waals surface area contributed by atoms with Crippen LogP contribution in [0.4, 0.5) is 5.69 Å². The number of para-hydroxylation sites is 1. The van der Waals surface area contributed by atoms with Gasteiger partial charge < -0.3 is 9.73 Å². The summed E-state index contributed by atoms with van der Waals surface area (Å²) in [4.78, 5) is 0. The van der Waals surface area contributed by atoms with E-state index in [1.54, 1.807) is 4.68 Å². The molecule has 20 heavy (non-hydrogen) atoms. The smallest absolute Gasteiger partial charge is 0.134 e. The zero-order chi connectivity index (χ0) is 14.1. The lowest BCUT2D eigenvalue weighted by Gasteiger charge is -2.12. The first-order valence-corrected chi connectivity index (χ1v) is 6.94. The van der Waals surface area contributed by atoms with Crippen molar-refractivity contribution in [2.24, 2.45) is 7.05 Å². The Morgan fingerprint density at radius 2 is 2.15 bits per heavy atom. The Hall–Kier alpha value is -2.23. The van der Waals surface area contributed by atoms with E-state index in [0.717, 1.165) is 23.5 Å². The Morgan fingerprint density at radius 3 is 2.85 bits per heavy atom. The molecule has 0 bridgehead atoms. The van der Waals surface area contributed by atoms with Crippen molar-refractivity contribution >= 4 is 16.7 Å². The summed E-state index contributed by atoms with van der Waals surface area (Å²) >= 11 is 0. The number of hydrogen-bond acceptors (Lipinski definition) is 3. The van der Waals surface area contributed by atoms with Gasteiger partial charge in [-0.2, -0.15) is 5.10 Å². The zero-order valence-corrected chi connectivity index (χ0v) is 12.1. The topological polar surface area (TPSA) is 43.0 Å². The van der Waals surface area contributed by atoms with Gasteiger partial charge in [0.05, 0.1) is 17.9 Å². The molecule has 0 aliphatic rings. The number of nitrogens with one attached hydrogen (secondary N) is 1. The van der Waals surface area contributed by atoms with E-state index in [9.17, 15) is 0 Å². The maximum absolute atomic E-state index is 6.04. The van der Waals surface area contributed by atoms with E-state index in [1.807, 2.05) is 31.6 Å². The fourth-order valence-corrected chi connectivity index (χ4v) is 2.64. The summed E-state index contributed by atoms with van der Waals surface area (Å²) in [5.41, 5.74) is 3.24. The van der Waals surface area contributed by atoms with Crippen LogP contribution in [-0.2, 0) is 13.5 Å². The minimum absolute atomic E-state index is 0.113. The quantitative estimate of drug-likeness (QED) is 0.781. The number of hydrogen-bond donors (Lipinski definition) is 1. The first kappa shape index (κ1) is 12.8. The van der Waals surface area contributed by atoms with Crippen molar-refractivity contribution in [3.8, 4) is 0 Å². The van der Waals surface area contributed by atoms with Crippen LogP contribution in [0, 0.1) is 0 Å². The van der Waals surface area contributed by atoms with Gasteiger partial charge in [0.25, 0.3) is 0 Å². The average molecular weight is 269 g/mol. The van der Waals surface area contributed by atoms with E-state index in [2.05, 4.69) is 36.4 Å². The standard InChI is InChI=1S/C16H19N3O/c1-4-13-14-7-5-6-8-15(14)20-16(13)11(2)18-12-9-17-19(3)10-12/h5-11,18H,4H2,1-3H3. The molecule has 0 saturated carbocycles. The Labute approximate surface area is 118 Å². The highest BCUT2D eigenvalue weighted by molar-refractivity contribution is 5.82. The molecule has 4 nitrogen and oxygen atoms in total. The number of furan rings is 1. The summed E-state index contributed by atoms with van der Waals surface area (Å²) in [6.45, 7) is 4.28. The van der Waals surface area contributed by atoms with Crippen molar-refractivity contribution in [2.75, 3.05) is 5.32 Å².